The summed E-state index contributed by atoms with van der Waals surface area (Å²) < 4.78 is 27.6. The highest BCUT2D eigenvalue weighted by atomic mass is 19.2. The van der Waals surface area contributed by atoms with Gasteiger partial charge in [-0.15, -0.1) is 0 Å². The number of urea groups is 1. The third kappa shape index (κ3) is 5.55. The number of piperidine rings is 2. The van der Waals surface area contributed by atoms with Crippen molar-refractivity contribution < 1.29 is 18.4 Å². The molecule has 1 aliphatic carbocycles. The minimum atomic E-state index is -0.859. The van der Waals surface area contributed by atoms with Crippen molar-refractivity contribution in [2.75, 3.05) is 26.2 Å². The zero-order valence-electron chi connectivity index (χ0n) is 22.1. The first-order valence-electron chi connectivity index (χ1n) is 14.0. The van der Waals surface area contributed by atoms with Crippen LogP contribution < -0.4 is 10.6 Å². The number of hydrogen-bond acceptors (Lipinski definition) is 3. The molecule has 2 aromatic rings. The topological polar surface area (TPSA) is 64.7 Å². The van der Waals surface area contributed by atoms with E-state index in [4.69, 9.17) is 0 Å². The molecule has 204 valence electrons. The van der Waals surface area contributed by atoms with Gasteiger partial charge in [0.2, 0.25) is 5.91 Å². The summed E-state index contributed by atoms with van der Waals surface area (Å²) in [6.45, 7) is 4.32. The maximum Gasteiger partial charge on any atom is 0.315 e. The molecule has 0 radical (unpaired) electrons. The number of nitrogens with one attached hydrogen (secondary N) is 2. The minimum absolute atomic E-state index is 0.0659. The van der Waals surface area contributed by atoms with E-state index in [-0.39, 0.29) is 29.9 Å². The van der Waals surface area contributed by atoms with Gasteiger partial charge in [-0.3, -0.25) is 9.69 Å². The Labute approximate surface area is 223 Å². The molecule has 0 spiro atoms. The molecule has 3 aliphatic rings. The monoisotopic (exact) mass is 524 g/mol. The molecule has 0 bridgehead atoms. The molecule has 1 saturated carbocycles. The van der Waals surface area contributed by atoms with Crippen LogP contribution in [-0.2, 0) is 10.3 Å². The molecular formula is C30H38F2N4O2. The first-order chi connectivity index (χ1) is 18.4. The highest BCUT2D eigenvalue weighted by Gasteiger charge is 2.44. The van der Waals surface area contributed by atoms with Gasteiger partial charge in [0.25, 0.3) is 0 Å². The van der Waals surface area contributed by atoms with Crippen molar-refractivity contribution in [3.05, 3.63) is 71.3 Å². The van der Waals surface area contributed by atoms with Gasteiger partial charge >= 0.3 is 6.03 Å². The third-order valence-electron chi connectivity index (χ3n) is 8.80. The second kappa shape index (κ2) is 11.4. The summed E-state index contributed by atoms with van der Waals surface area (Å²) in [7, 11) is 0. The van der Waals surface area contributed by atoms with Crippen LogP contribution in [0.2, 0.25) is 0 Å². The number of likely N-dealkylation sites (tertiary alicyclic amines) is 2. The molecule has 2 aliphatic heterocycles. The zero-order valence-corrected chi connectivity index (χ0v) is 22.1. The fourth-order valence-electron chi connectivity index (χ4n) is 6.58. The smallest absolute Gasteiger partial charge is 0.315 e. The van der Waals surface area contributed by atoms with E-state index in [2.05, 4.69) is 27.7 Å². The summed E-state index contributed by atoms with van der Waals surface area (Å²) in [6, 6.07) is 13.9. The molecule has 0 aromatic heterocycles. The van der Waals surface area contributed by atoms with Gasteiger partial charge in [-0.2, -0.15) is 0 Å². The van der Waals surface area contributed by atoms with E-state index in [0.717, 1.165) is 36.8 Å². The number of carbonyl (C=O) groups excluding carboxylic acids is 2. The van der Waals surface area contributed by atoms with Crippen LogP contribution in [0.1, 0.15) is 68.9 Å². The van der Waals surface area contributed by atoms with Crippen molar-refractivity contribution >= 4 is 11.9 Å². The zero-order chi connectivity index (χ0) is 26.7. The SMILES string of the molecule is CCN1CC(c2ccc(F)c(F)c2)CC(N2CCC(NC(=O)NC3CCCC3)(c3ccccc3)CC2)C1=O. The summed E-state index contributed by atoms with van der Waals surface area (Å²) in [4.78, 5) is 30.5. The van der Waals surface area contributed by atoms with Crippen molar-refractivity contribution in [3.8, 4) is 0 Å². The van der Waals surface area contributed by atoms with Crippen molar-refractivity contribution in [2.24, 2.45) is 0 Å². The Kier molecular flexibility index (Phi) is 7.98. The van der Waals surface area contributed by atoms with Crippen LogP contribution >= 0.6 is 0 Å². The van der Waals surface area contributed by atoms with Crippen LogP contribution in [-0.4, -0.2) is 60.0 Å². The predicted molar refractivity (Wildman–Crippen MR) is 143 cm³/mol. The summed E-state index contributed by atoms with van der Waals surface area (Å²) >= 11 is 0. The number of benzene rings is 2. The number of halogens is 2. The maximum atomic E-state index is 14.0. The Morgan fingerprint density at radius 2 is 1.74 bits per heavy atom. The molecule has 6 nitrogen and oxygen atoms in total. The van der Waals surface area contributed by atoms with Gasteiger partial charge in [-0.1, -0.05) is 49.2 Å². The van der Waals surface area contributed by atoms with E-state index in [0.29, 0.717) is 45.4 Å². The molecule has 2 saturated heterocycles. The van der Waals surface area contributed by atoms with Gasteiger partial charge in [0, 0.05) is 38.1 Å². The van der Waals surface area contributed by atoms with E-state index in [9.17, 15) is 18.4 Å². The highest BCUT2D eigenvalue weighted by Crippen LogP contribution is 2.37. The Hall–Kier alpha value is -3.00. The fraction of sp³-hybridized carbons (Fsp3) is 0.533. The fourth-order valence-corrected chi connectivity index (χ4v) is 6.58. The van der Waals surface area contributed by atoms with E-state index >= 15 is 0 Å². The lowest BCUT2D eigenvalue weighted by atomic mass is 9.79. The minimum Gasteiger partial charge on any atom is -0.341 e. The van der Waals surface area contributed by atoms with Gasteiger partial charge in [0.1, 0.15) is 0 Å². The normalized spacial score (nSPS) is 24.4. The third-order valence-corrected chi connectivity index (χ3v) is 8.80. The van der Waals surface area contributed by atoms with Crippen molar-refractivity contribution in [1.29, 1.82) is 0 Å². The summed E-state index contributed by atoms with van der Waals surface area (Å²) in [5, 5.41) is 6.49. The Morgan fingerprint density at radius 1 is 1.03 bits per heavy atom. The Bertz CT molecular complexity index is 1130. The molecular weight excluding hydrogens is 486 g/mol. The van der Waals surface area contributed by atoms with E-state index in [1.54, 1.807) is 6.07 Å². The number of hydrogen-bond donors (Lipinski definition) is 2. The van der Waals surface area contributed by atoms with Crippen LogP contribution in [0.3, 0.4) is 0 Å². The number of rotatable bonds is 6. The lowest BCUT2D eigenvalue weighted by molar-refractivity contribution is -0.141. The summed E-state index contributed by atoms with van der Waals surface area (Å²) in [5.74, 6) is -1.69. The Balaban J connectivity index is 1.32. The van der Waals surface area contributed by atoms with Crippen LogP contribution in [0.4, 0.5) is 13.6 Å². The molecule has 3 amide bonds. The van der Waals surface area contributed by atoms with Gasteiger partial charge in [0.15, 0.2) is 11.6 Å². The first kappa shape index (κ1) is 26.6. The van der Waals surface area contributed by atoms with Crippen LogP contribution in [0.5, 0.6) is 0 Å². The summed E-state index contributed by atoms with van der Waals surface area (Å²) in [6.07, 6.45) is 6.28. The molecule has 5 rings (SSSR count). The summed E-state index contributed by atoms with van der Waals surface area (Å²) in [5.41, 5.74) is 1.29. The van der Waals surface area contributed by atoms with E-state index in [1.807, 2.05) is 30.0 Å². The van der Waals surface area contributed by atoms with E-state index < -0.39 is 17.2 Å². The lowest BCUT2D eigenvalue weighted by Gasteiger charge is -2.48. The average Bonchev–Trinajstić information content (AvgIpc) is 3.44. The molecule has 8 heteroatoms. The molecule has 3 fully saturated rings. The number of likely N-dealkylation sites (N-methyl/N-ethyl adjacent to an activating group) is 1. The molecule has 2 atom stereocenters. The molecule has 2 heterocycles. The number of nitrogens with zero attached hydrogens (tertiary/aromatic N) is 2. The van der Waals surface area contributed by atoms with Crippen LogP contribution in [0.25, 0.3) is 0 Å². The van der Waals surface area contributed by atoms with Crippen LogP contribution in [0, 0.1) is 11.6 Å². The van der Waals surface area contributed by atoms with Gasteiger partial charge in [-0.05, 0) is 62.3 Å². The highest BCUT2D eigenvalue weighted by molar-refractivity contribution is 5.83. The lowest BCUT2D eigenvalue weighted by Crippen LogP contribution is -2.60. The number of carbonyl (C=O) groups is 2. The molecule has 2 N–H and O–H groups in total. The van der Waals surface area contributed by atoms with Crippen molar-refractivity contribution in [3.63, 3.8) is 0 Å². The number of amides is 3. The van der Waals surface area contributed by atoms with Crippen LogP contribution in [0.15, 0.2) is 48.5 Å². The molecule has 2 aromatic carbocycles. The Morgan fingerprint density at radius 3 is 2.39 bits per heavy atom. The van der Waals surface area contributed by atoms with Gasteiger partial charge < -0.3 is 15.5 Å². The van der Waals surface area contributed by atoms with Gasteiger partial charge in [0.05, 0.1) is 11.6 Å². The van der Waals surface area contributed by atoms with Gasteiger partial charge in [-0.25, -0.2) is 13.6 Å². The van der Waals surface area contributed by atoms with E-state index in [1.165, 1.54) is 12.1 Å². The molecule has 2 unspecified atom stereocenters. The molecule has 38 heavy (non-hydrogen) atoms. The first-order valence-corrected chi connectivity index (χ1v) is 14.0. The van der Waals surface area contributed by atoms with Crippen molar-refractivity contribution in [2.45, 2.75) is 75.4 Å². The predicted octanol–water partition coefficient (Wildman–Crippen LogP) is 4.90. The second-order valence-corrected chi connectivity index (χ2v) is 11.1. The quantitative estimate of drug-likeness (QED) is 0.565. The largest absolute Gasteiger partial charge is 0.341 e. The standard InChI is InChI=1S/C30H38F2N4O2/c1-2-35-20-22(21-12-13-25(31)26(32)18-21)19-27(28(35)37)36-16-14-30(15-17-36,23-8-4-3-5-9-23)34-29(38)33-24-10-6-7-11-24/h3-5,8-9,12-13,18,22,24,27H,2,6-7,10-11,14-17,19-20H2,1H3,(H2,33,34,38). The second-order valence-electron chi connectivity index (χ2n) is 11.1. The van der Waals surface area contributed by atoms with Crippen molar-refractivity contribution in [1.82, 2.24) is 20.4 Å². The average molecular weight is 525 g/mol. The maximum absolute atomic E-state index is 14.0.